The molecular formula is C14H16. The second-order valence-electron chi connectivity index (χ2n) is 4.57. The smallest absolute Gasteiger partial charge is 0.00854 e. The van der Waals surface area contributed by atoms with Gasteiger partial charge in [-0.05, 0) is 41.9 Å². The number of fused-ring (bicyclic) bond motifs is 1. The van der Waals surface area contributed by atoms with Gasteiger partial charge in [-0.1, -0.05) is 43.2 Å². The van der Waals surface area contributed by atoms with Gasteiger partial charge in [0.2, 0.25) is 0 Å². The first-order chi connectivity index (χ1) is 6.93. The molecule has 0 amide bonds. The molecule has 0 atom stereocenters. The van der Waals surface area contributed by atoms with Crippen molar-refractivity contribution in [1.29, 1.82) is 0 Å². The minimum absolute atomic E-state index is 1.06. The van der Waals surface area contributed by atoms with Crippen LogP contribution in [0.5, 0.6) is 0 Å². The number of rotatable bonds is 3. The van der Waals surface area contributed by atoms with E-state index in [9.17, 15) is 0 Å². The van der Waals surface area contributed by atoms with Crippen molar-refractivity contribution in [2.75, 3.05) is 0 Å². The van der Waals surface area contributed by atoms with Gasteiger partial charge in [-0.3, -0.25) is 0 Å². The maximum atomic E-state index is 2.42. The number of hydrogen-bond donors (Lipinski definition) is 0. The predicted molar refractivity (Wildman–Crippen MR) is 60.1 cm³/mol. The Bertz CT molecular complexity index is 369. The Kier molecular flexibility index (Phi) is 1.93. The molecule has 72 valence electrons. The van der Waals surface area contributed by atoms with Gasteiger partial charge in [0, 0.05) is 0 Å². The lowest BCUT2D eigenvalue weighted by Crippen LogP contribution is -1.85. The Labute approximate surface area is 85.6 Å². The summed E-state index contributed by atoms with van der Waals surface area (Å²) in [6.07, 6.45) is 9.27. The van der Waals surface area contributed by atoms with Crippen LogP contribution in [0.1, 0.15) is 36.8 Å². The molecule has 14 heavy (non-hydrogen) atoms. The van der Waals surface area contributed by atoms with Crippen LogP contribution < -0.4 is 0 Å². The molecule has 3 rings (SSSR count). The molecule has 1 aromatic carbocycles. The Balaban J connectivity index is 1.75. The lowest BCUT2D eigenvalue weighted by atomic mass is 10.0. The molecule has 0 nitrogen and oxygen atoms in total. The van der Waals surface area contributed by atoms with Crippen molar-refractivity contribution in [3.63, 3.8) is 0 Å². The van der Waals surface area contributed by atoms with Gasteiger partial charge in [0.05, 0.1) is 0 Å². The monoisotopic (exact) mass is 184 g/mol. The molecule has 0 saturated heterocycles. The first-order valence-electron chi connectivity index (χ1n) is 5.71. The zero-order valence-corrected chi connectivity index (χ0v) is 8.50. The summed E-state index contributed by atoms with van der Waals surface area (Å²) in [6, 6.07) is 8.85. The van der Waals surface area contributed by atoms with Gasteiger partial charge in [0.15, 0.2) is 0 Å². The van der Waals surface area contributed by atoms with E-state index in [2.05, 4.69) is 30.3 Å². The molecule has 0 heterocycles. The fourth-order valence-electron chi connectivity index (χ4n) is 2.36. The predicted octanol–water partition coefficient (Wildman–Crippen LogP) is 3.82. The third-order valence-corrected chi connectivity index (χ3v) is 3.45. The summed E-state index contributed by atoms with van der Waals surface area (Å²) in [7, 11) is 0. The average Bonchev–Trinajstić information content (AvgIpc) is 2.96. The highest BCUT2D eigenvalue weighted by atomic mass is 14.3. The van der Waals surface area contributed by atoms with Crippen molar-refractivity contribution in [2.45, 2.75) is 32.1 Å². The van der Waals surface area contributed by atoms with Gasteiger partial charge in [-0.25, -0.2) is 0 Å². The van der Waals surface area contributed by atoms with E-state index in [0.29, 0.717) is 0 Å². The van der Waals surface area contributed by atoms with Crippen LogP contribution >= 0.6 is 0 Å². The third-order valence-electron chi connectivity index (χ3n) is 3.45. The minimum Gasteiger partial charge on any atom is -0.0763 e. The Morgan fingerprint density at radius 1 is 1.14 bits per heavy atom. The number of allylic oxidation sites excluding steroid dienone is 2. The van der Waals surface area contributed by atoms with Crippen LogP contribution in [0, 0.1) is 5.92 Å². The molecule has 2 aliphatic carbocycles. The fourth-order valence-corrected chi connectivity index (χ4v) is 2.36. The topological polar surface area (TPSA) is 0 Å². The van der Waals surface area contributed by atoms with E-state index in [4.69, 9.17) is 0 Å². The molecule has 0 bridgehead atoms. The summed E-state index contributed by atoms with van der Waals surface area (Å²) in [5.74, 6) is 1.06. The second kappa shape index (κ2) is 3.27. The molecule has 1 saturated carbocycles. The van der Waals surface area contributed by atoms with Gasteiger partial charge in [-0.2, -0.15) is 0 Å². The normalized spacial score (nSPS) is 19.3. The highest BCUT2D eigenvalue weighted by molar-refractivity contribution is 5.72. The van der Waals surface area contributed by atoms with Gasteiger partial charge >= 0.3 is 0 Å². The van der Waals surface area contributed by atoms with Crippen molar-refractivity contribution < 1.29 is 0 Å². The van der Waals surface area contributed by atoms with Gasteiger partial charge in [-0.15, -0.1) is 0 Å². The second-order valence-corrected chi connectivity index (χ2v) is 4.57. The van der Waals surface area contributed by atoms with Crippen LogP contribution in [-0.2, 0) is 6.42 Å². The van der Waals surface area contributed by atoms with Crippen LogP contribution in [0.4, 0.5) is 0 Å². The van der Waals surface area contributed by atoms with E-state index in [1.165, 1.54) is 36.8 Å². The molecule has 0 aliphatic heterocycles. The summed E-state index contributed by atoms with van der Waals surface area (Å²) in [5, 5.41) is 0. The van der Waals surface area contributed by atoms with Crippen molar-refractivity contribution in [3.8, 4) is 0 Å². The zero-order valence-electron chi connectivity index (χ0n) is 8.50. The lowest BCUT2D eigenvalue weighted by molar-refractivity contribution is 0.750. The summed E-state index contributed by atoms with van der Waals surface area (Å²) in [5.41, 5.74) is 4.65. The first kappa shape index (κ1) is 8.28. The molecule has 0 aromatic heterocycles. The summed E-state index contributed by atoms with van der Waals surface area (Å²) in [4.78, 5) is 0. The molecule has 0 spiro atoms. The SMILES string of the molecule is C1=C(CCC2CC2)c2ccccc2C1. The Morgan fingerprint density at radius 3 is 2.86 bits per heavy atom. The molecule has 2 aliphatic rings. The average molecular weight is 184 g/mol. The van der Waals surface area contributed by atoms with Crippen LogP contribution in [0.2, 0.25) is 0 Å². The maximum Gasteiger partial charge on any atom is -0.00854 e. The number of benzene rings is 1. The number of hydrogen-bond acceptors (Lipinski definition) is 0. The van der Waals surface area contributed by atoms with E-state index in [1.807, 2.05) is 0 Å². The molecule has 0 unspecified atom stereocenters. The zero-order chi connectivity index (χ0) is 9.38. The molecular weight excluding hydrogens is 168 g/mol. The molecule has 0 N–H and O–H groups in total. The van der Waals surface area contributed by atoms with Gasteiger partial charge in [0.1, 0.15) is 0 Å². The highest BCUT2D eigenvalue weighted by Gasteiger charge is 2.22. The van der Waals surface area contributed by atoms with Crippen LogP contribution in [-0.4, -0.2) is 0 Å². The van der Waals surface area contributed by atoms with E-state index < -0.39 is 0 Å². The minimum atomic E-state index is 1.06. The molecule has 1 aromatic rings. The van der Waals surface area contributed by atoms with Crippen molar-refractivity contribution >= 4 is 5.57 Å². The Hall–Kier alpha value is -1.04. The molecule has 1 fully saturated rings. The van der Waals surface area contributed by atoms with Crippen molar-refractivity contribution in [3.05, 3.63) is 41.5 Å². The molecule has 0 heteroatoms. The van der Waals surface area contributed by atoms with E-state index in [1.54, 1.807) is 5.57 Å². The van der Waals surface area contributed by atoms with Crippen molar-refractivity contribution in [2.24, 2.45) is 5.92 Å². The lowest BCUT2D eigenvalue weighted by Gasteiger charge is -2.04. The van der Waals surface area contributed by atoms with Gasteiger partial charge < -0.3 is 0 Å². The summed E-state index contributed by atoms with van der Waals surface area (Å²) in [6.45, 7) is 0. The third kappa shape index (κ3) is 1.50. The van der Waals surface area contributed by atoms with Crippen LogP contribution in [0.15, 0.2) is 30.3 Å². The summed E-state index contributed by atoms with van der Waals surface area (Å²) < 4.78 is 0. The standard InChI is InChI=1S/C14H16/c1-2-4-14-12(3-1)9-10-13(14)8-7-11-5-6-11/h1-4,10-11H,5-9H2. The van der Waals surface area contributed by atoms with Crippen LogP contribution in [0.25, 0.3) is 5.57 Å². The quantitative estimate of drug-likeness (QED) is 0.670. The van der Waals surface area contributed by atoms with E-state index in [0.717, 1.165) is 12.3 Å². The largest absolute Gasteiger partial charge is 0.0763 e. The first-order valence-corrected chi connectivity index (χ1v) is 5.71. The maximum absolute atomic E-state index is 2.42. The Morgan fingerprint density at radius 2 is 2.00 bits per heavy atom. The fraction of sp³-hybridized carbons (Fsp3) is 0.429. The summed E-state index contributed by atoms with van der Waals surface area (Å²) >= 11 is 0. The van der Waals surface area contributed by atoms with Crippen molar-refractivity contribution in [1.82, 2.24) is 0 Å². The van der Waals surface area contributed by atoms with E-state index in [-0.39, 0.29) is 0 Å². The van der Waals surface area contributed by atoms with E-state index >= 15 is 0 Å². The highest BCUT2D eigenvalue weighted by Crippen LogP contribution is 2.38. The van der Waals surface area contributed by atoms with Gasteiger partial charge in [0.25, 0.3) is 0 Å². The van der Waals surface area contributed by atoms with Crippen LogP contribution in [0.3, 0.4) is 0 Å². The molecule has 0 radical (unpaired) electrons.